The molecule has 1 amide bonds. The van der Waals surface area contributed by atoms with E-state index in [-0.39, 0.29) is 16.3 Å². The van der Waals surface area contributed by atoms with Crippen molar-refractivity contribution in [3.63, 3.8) is 0 Å². The van der Waals surface area contributed by atoms with Crippen molar-refractivity contribution in [3.8, 4) is 16.9 Å². The predicted molar refractivity (Wildman–Crippen MR) is 134 cm³/mol. The average molecular weight is 548 g/mol. The third-order valence-corrected chi connectivity index (χ3v) is 5.86. The Hall–Kier alpha value is -3.82. The number of ether oxygens (including phenoxy) is 1. The number of anilines is 1. The molecule has 1 aromatic heterocycles. The summed E-state index contributed by atoms with van der Waals surface area (Å²) in [7, 11) is 0. The number of nitrogens with one attached hydrogen (secondary N) is 1. The summed E-state index contributed by atoms with van der Waals surface area (Å²) in [6.07, 6.45) is -4.52. The zero-order chi connectivity index (χ0) is 26.7. The van der Waals surface area contributed by atoms with E-state index in [4.69, 9.17) is 27.9 Å². The summed E-state index contributed by atoms with van der Waals surface area (Å²) < 4.78 is 46.0. The summed E-state index contributed by atoms with van der Waals surface area (Å²) in [4.78, 5) is 25.8. The number of nitrogens with zero attached hydrogens (tertiary/aromatic N) is 2. The van der Waals surface area contributed by atoms with Gasteiger partial charge in [0, 0.05) is 16.8 Å². The summed E-state index contributed by atoms with van der Waals surface area (Å²) in [6.45, 7) is 1.29. The third kappa shape index (κ3) is 6.12. The smallest absolute Gasteiger partial charge is 0.416 e. The number of hydrogen-bond donors (Lipinski definition) is 1. The summed E-state index contributed by atoms with van der Waals surface area (Å²) in [5.41, 5.74) is 0.378. The van der Waals surface area contributed by atoms with Crippen molar-refractivity contribution >= 4 is 40.8 Å². The Morgan fingerprint density at radius 2 is 1.68 bits per heavy atom. The molecule has 190 valence electrons. The number of carbonyl (C=O) groups excluding carboxylic acids is 2. The number of carbonyl (C=O) groups is 2. The number of para-hydroxylation sites is 1. The van der Waals surface area contributed by atoms with Gasteiger partial charge in [0.1, 0.15) is 11.3 Å². The second kappa shape index (κ2) is 10.7. The van der Waals surface area contributed by atoms with E-state index in [1.807, 2.05) is 18.2 Å². The highest BCUT2D eigenvalue weighted by atomic mass is 35.5. The molecular formula is C26H18Cl2F3N3O3. The van der Waals surface area contributed by atoms with Crippen LogP contribution in [0.5, 0.6) is 0 Å². The van der Waals surface area contributed by atoms with Crippen molar-refractivity contribution in [3.05, 3.63) is 100 Å². The van der Waals surface area contributed by atoms with E-state index in [0.717, 1.165) is 12.1 Å². The Bertz CT molecular complexity index is 1440. The molecule has 0 radical (unpaired) electrons. The number of esters is 1. The van der Waals surface area contributed by atoms with Crippen LogP contribution in [0.3, 0.4) is 0 Å². The number of halogens is 5. The molecule has 1 unspecified atom stereocenters. The molecule has 4 rings (SSSR count). The third-order valence-electron chi connectivity index (χ3n) is 5.28. The molecule has 1 heterocycles. The SMILES string of the molecule is CC(OC(=O)c1cn(-c2ccccc2)nc1-c1ccc(Cl)cc1)C(=O)Nc1cc(C(F)(F)F)ccc1Cl. The fourth-order valence-electron chi connectivity index (χ4n) is 3.37. The lowest BCUT2D eigenvalue weighted by Gasteiger charge is -2.15. The molecule has 11 heteroatoms. The lowest BCUT2D eigenvalue weighted by molar-refractivity contribution is -0.137. The number of rotatable bonds is 6. The predicted octanol–water partition coefficient (Wildman–Crippen LogP) is 7.05. The quantitative estimate of drug-likeness (QED) is 0.262. The van der Waals surface area contributed by atoms with Crippen LogP contribution in [0.4, 0.5) is 18.9 Å². The molecule has 1 N–H and O–H groups in total. The van der Waals surface area contributed by atoms with Crippen molar-refractivity contribution < 1.29 is 27.5 Å². The van der Waals surface area contributed by atoms with Crippen LogP contribution in [-0.2, 0) is 15.7 Å². The average Bonchev–Trinajstić information content (AvgIpc) is 3.31. The normalized spacial score (nSPS) is 12.2. The first-order valence-corrected chi connectivity index (χ1v) is 11.6. The fourth-order valence-corrected chi connectivity index (χ4v) is 3.66. The minimum absolute atomic E-state index is 0.0722. The molecule has 6 nitrogen and oxygen atoms in total. The summed E-state index contributed by atoms with van der Waals surface area (Å²) in [6, 6.07) is 18.2. The Kier molecular flexibility index (Phi) is 7.56. The summed E-state index contributed by atoms with van der Waals surface area (Å²) in [5, 5.41) is 7.18. The maximum absolute atomic E-state index is 13.1. The standard InChI is InChI=1S/C26H18Cl2F3N3O3/c1-15(24(35)32-22-13-17(26(29,30)31)9-12-21(22)28)37-25(36)20-14-34(19-5-3-2-4-6-19)33-23(20)16-7-10-18(27)11-8-16/h2-15H,1H3,(H,32,35). The van der Waals surface area contributed by atoms with Gasteiger partial charge in [-0.05, 0) is 49.4 Å². The van der Waals surface area contributed by atoms with E-state index >= 15 is 0 Å². The Morgan fingerprint density at radius 1 is 1.00 bits per heavy atom. The lowest BCUT2D eigenvalue weighted by Crippen LogP contribution is -2.30. The summed E-state index contributed by atoms with van der Waals surface area (Å²) >= 11 is 11.9. The molecule has 0 spiro atoms. The zero-order valence-corrected chi connectivity index (χ0v) is 20.6. The van der Waals surface area contributed by atoms with Crippen LogP contribution in [0.25, 0.3) is 16.9 Å². The van der Waals surface area contributed by atoms with Gasteiger partial charge in [-0.25, -0.2) is 9.48 Å². The molecule has 0 aliphatic carbocycles. The Labute approximate surface area is 219 Å². The second-order valence-corrected chi connectivity index (χ2v) is 8.75. The maximum Gasteiger partial charge on any atom is 0.416 e. The number of aromatic nitrogens is 2. The molecule has 0 bridgehead atoms. The van der Waals surface area contributed by atoms with Gasteiger partial charge in [0.05, 0.1) is 22.0 Å². The van der Waals surface area contributed by atoms with Crippen LogP contribution in [-0.4, -0.2) is 27.8 Å². The first-order chi connectivity index (χ1) is 17.5. The minimum atomic E-state index is -4.63. The number of amides is 1. The van der Waals surface area contributed by atoms with Crippen molar-refractivity contribution in [2.24, 2.45) is 0 Å². The van der Waals surface area contributed by atoms with Crippen LogP contribution in [0.1, 0.15) is 22.8 Å². The summed E-state index contributed by atoms with van der Waals surface area (Å²) in [5.74, 6) is -1.72. The van der Waals surface area contributed by atoms with Crippen molar-refractivity contribution in [2.45, 2.75) is 19.2 Å². The Balaban J connectivity index is 1.58. The van der Waals surface area contributed by atoms with Crippen LogP contribution in [0.15, 0.2) is 79.0 Å². The van der Waals surface area contributed by atoms with Crippen molar-refractivity contribution in [1.29, 1.82) is 0 Å². The monoisotopic (exact) mass is 547 g/mol. The number of hydrogen-bond acceptors (Lipinski definition) is 4. The van der Waals surface area contributed by atoms with E-state index in [2.05, 4.69) is 10.4 Å². The highest BCUT2D eigenvalue weighted by Gasteiger charge is 2.31. The van der Waals surface area contributed by atoms with Gasteiger partial charge in [0.15, 0.2) is 6.10 Å². The van der Waals surface area contributed by atoms with Gasteiger partial charge >= 0.3 is 12.1 Å². The van der Waals surface area contributed by atoms with Gasteiger partial charge in [-0.1, -0.05) is 53.5 Å². The van der Waals surface area contributed by atoms with E-state index in [9.17, 15) is 22.8 Å². The van der Waals surface area contributed by atoms with Crippen molar-refractivity contribution in [2.75, 3.05) is 5.32 Å². The number of benzene rings is 3. The van der Waals surface area contributed by atoms with Crippen LogP contribution in [0, 0.1) is 0 Å². The van der Waals surface area contributed by atoms with E-state index < -0.39 is 29.7 Å². The van der Waals surface area contributed by atoms with Gasteiger partial charge in [-0.2, -0.15) is 18.3 Å². The second-order valence-electron chi connectivity index (χ2n) is 7.91. The maximum atomic E-state index is 13.1. The molecule has 0 saturated carbocycles. The largest absolute Gasteiger partial charge is 0.449 e. The molecule has 4 aromatic rings. The zero-order valence-electron chi connectivity index (χ0n) is 19.1. The topological polar surface area (TPSA) is 73.2 Å². The highest BCUT2D eigenvalue weighted by Crippen LogP contribution is 2.34. The van der Waals surface area contributed by atoms with E-state index in [1.54, 1.807) is 36.4 Å². The first kappa shape index (κ1) is 26.2. The van der Waals surface area contributed by atoms with E-state index in [1.165, 1.54) is 17.8 Å². The molecule has 0 aliphatic heterocycles. The van der Waals surface area contributed by atoms with Crippen molar-refractivity contribution in [1.82, 2.24) is 9.78 Å². The van der Waals surface area contributed by atoms with Gasteiger partial charge in [0.25, 0.3) is 5.91 Å². The molecule has 0 aliphatic rings. The first-order valence-electron chi connectivity index (χ1n) is 10.8. The van der Waals surface area contributed by atoms with Gasteiger partial charge < -0.3 is 10.1 Å². The molecular weight excluding hydrogens is 530 g/mol. The van der Waals surface area contributed by atoms with E-state index in [0.29, 0.717) is 28.0 Å². The fraction of sp³-hybridized carbons (Fsp3) is 0.115. The van der Waals surface area contributed by atoms with Crippen LogP contribution in [0.2, 0.25) is 10.0 Å². The van der Waals surface area contributed by atoms with Gasteiger partial charge in [-0.15, -0.1) is 0 Å². The molecule has 3 aromatic carbocycles. The molecule has 0 saturated heterocycles. The lowest BCUT2D eigenvalue weighted by atomic mass is 10.1. The molecule has 0 fully saturated rings. The highest BCUT2D eigenvalue weighted by molar-refractivity contribution is 6.33. The van der Waals surface area contributed by atoms with Crippen LogP contribution >= 0.6 is 23.2 Å². The molecule has 1 atom stereocenters. The van der Waals surface area contributed by atoms with Gasteiger partial charge in [-0.3, -0.25) is 4.79 Å². The Morgan fingerprint density at radius 3 is 2.32 bits per heavy atom. The van der Waals surface area contributed by atoms with Gasteiger partial charge in [0.2, 0.25) is 0 Å². The minimum Gasteiger partial charge on any atom is -0.449 e. The van der Waals surface area contributed by atoms with Crippen LogP contribution < -0.4 is 5.32 Å². The molecule has 37 heavy (non-hydrogen) atoms. The number of alkyl halides is 3.